The van der Waals surface area contributed by atoms with E-state index in [1.807, 2.05) is 49.3 Å². The van der Waals surface area contributed by atoms with Gasteiger partial charge in [0.25, 0.3) is 0 Å². The quantitative estimate of drug-likeness (QED) is 0.415. The maximum Gasteiger partial charge on any atom is 0.230 e. The molecule has 0 spiro atoms. The smallest absolute Gasteiger partial charge is 0.230 e. The molecule has 0 bridgehead atoms. The molecule has 2 aromatic rings. The maximum absolute atomic E-state index is 13.2. The van der Waals surface area contributed by atoms with Crippen molar-refractivity contribution in [3.05, 3.63) is 54.1 Å². The number of hydrogen-bond acceptors (Lipinski definition) is 7. The van der Waals surface area contributed by atoms with Crippen LogP contribution in [0.5, 0.6) is 0 Å². The van der Waals surface area contributed by atoms with Gasteiger partial charge in [-0.05, 0) is 60.7 Å². The highest BCUT2D eigenvalue weighted by molar-refractivity contribution is 8.00. The highest BCUT2D eigenvalue weighted by atomic mass is 32.2. The van der Waals surface area contributed by atoms with E-state index in [0.717, 1.165) is 29.0 Å². The Bertz CT molecular complexity index is 1240. The number of nitrogens with two attached hydrogens (primary N) is 1. The van der Waals surface area contributed by atoms with Crippen LogP contribution in [0.2, 0.25) is 0 Å². The molecule has 3 rings (SSSR count). The van der Waals surface area contributed by atoms with Gasteiger partial charge in [-0.1, -0.05) is 25.0 Å². The van der Waals surface area contributed by atoms with E-state index in [0.29, 0.717) is 19.4 Å². The van der Waals surface area contributed by atoms with Gasteiger partial charge in [0.2, 0.25) is 11.8 Å². The van der Waals surface area contributed by atoms with Crippen LogP contribution < -0.4 is 16.0 Å². The number of benzene rings is 2. The normalized spacial score (nSPS) is 19.5. The lowest BCUT2D eigenvalue weighted by atomic mass is 9.65. The zero-order chi connectivity index (χ0) is 27.1. The lowest BCUT2D eigenvalue weighted by Gasteiger charge is -2.40. The summed E-state index contributed by atoms with van der Waals surface area (Å²) in [6.07, 6.45) is 2.48. The number of anilines is 1. The van der Waals surface area contributed by atoms with Gasteiger partial charge in [-0.25, -0.2) is 8.42 Å². The van der Waals surface area contributed by atoms with Crippen molar-refractivity contribution >= 4 is 39.1 Å². The van der Waals surface area contributed by atoms with E-state index in [1.165, 1.54) is 23.9 Å². The van der Waals surface area contributed by atoms with E-state index in [4.69, 9.17) is 5.73 Å². The molecule has 1 aliphatic rings. The predicted molar refractivity (Wildman–Crippen MR) is 146 cm³/mol. The third-order valence-corrected chi connectivity index (χ3v) is 9.85. The molecule has 198 valence electrons. The van der Waals surface area contributed by atoms with Crippen LogP contribution in [0.25, 0.3) is 0 Å². The van der Waals surface area contributed by atoms with Crippen LogP contribution in [0.15, 0.2) is 58.3 Å². The van der Waals surface area contributed by atoms with Crippen LogP contribution in [0.1, 0.15) is 37.7 Å². The fourth-order valence-corrected chi connectivity index (χ4v) is 7.24. The first-order valence-electron chi connectivity index (χ1n) is 12.2. The van der Waals surface area contributed by atoms with Crippen molar-refractivity contribution in [1.29, 1.82) is 5.26 Å². The average molecular weight is 543 g/mol. The molecular weight excluding hydrogens is 508 g/mol. The summed E-state index contributed by atoms with van der Waals surface area (Å²) in [5.74, 6) is -1.21. The van der Waals surface area contributed by atoms with Crippen molar-refractivity contribution in [3.63, 3.8) is 0 Å². The van der Waals surface area contributed by atoms with Crippen molar-refractivity contribution in [1.82, 2.24) is 5.32 Å². The van der Waals surface area contributed by atoms with Gasteiger partial charge in [-0.15, -0.1) is 11.8 Å². The molecule has 0 saturated heterocycles. The fraction of sp³-hybridized carbons (Fsp3) is 0.444. The summed E-state index contributed by atoms with van der Waals surface area (Å²) in [7, 11) is 0.253. The molecule has 1 aliphatic carbocycles. The van der Waals surface area contributed by atoms with Gasteiger partial charge in [0.05, 0.1) is 27.9 Å². The van der Waals surface area contributed by atoms with E-state index in [9.17, 15) is 23.3 Å². The Kier molecular flexibility index (Phi) is 9.62. The lowest BCUT2D eigenvalue weighted by molar-refractivity contribution is -0.132. The van der Waals surface area contributed by atoms with Crippen molar-refractivity contribution in [2.24, 2.45) is 17.1 Å². The van der Waals surface area contributed by atoms with Crippen LogP contribution >= 0.6 is 11.8 Å². The van der Waals surface area contributed by atoms with Crippen molar-refractivity contribution in [3.8, 4) is 6.07 Å². The van der Waals surface area contributed by atoms with Gasteiger partial charge in [0.1, 0.15) is 0 Å². The number of carbonyl (C=O) groups excluding carboxylic acids is 2. The maximum atomic E-state index is 13.2. The Morgan fingerprint density at radius 3 is 2.41 bits per heavy atom. The molecule has 0 radical (unpaired) electrons. The molecule has 10 heteroatoms. The zero-order valence-electron chi connectivity index (χ0n) is 21.3. The number of primary amides is 1. The van der Waals surface area contributed by atoms with Gasteiger partial charge >= 0.3 is 0 Å². The van der Waals surface area contributed by atoms with E-state index in [2.05, 4.69) is 5.32 Å². The van der Waals surface area contributed by atoms with Crippen molar-refractivity contribution in [2.75, 3.05) is 30.5 Å². The average Bonchev–Trinajstić information content (AvgIpc) is 2.87. The predicted octanol–water partition coefficient (Wildman–Crippen LogP) is 3.51. The van der Waals surface area contributed by atoms with E-state index >= 15 is 0 Å². The number of hydrogen-bond donors (Lipinski definition) is 2. The topological polar surface area (TPSA) is 133 Å². The minimum atomic E-state index is -3.69. The third-order valence-electron chi connectivity index (χ3n) is 7.01. The highest BCUT2D eigenvalue weighted by Gasteiger charge is 2.47. The van der Waals surface area contributed by atoms with E-state index in [-0.39, 0.29) is 28.7 Å². The molecule has 0 aromatic heterocycles. The number of sulfone groups is 1. The number of rotatable bonds is 11. The molecule has 1 saturated carbocycles. The number of amides is 2. The SMILES string of the molecule is CN(C)c1ccc(CNC(=O)CSc2ccc(S(=O)(=O)CC3CCCCC3(CC#N)C(N)=O)cc2)cc1. The Hall–Kier alpha value is -3.03. The summed E-state index contributed by atoms with van der Waals surface area (Å²) in [5.41, 5.74) is 6.66. The first-order valence-corrected chi connectivity index (χ1v) is 14.9. The second-order valence-electron chi connectivity index (χ2n) is 9.68. The van der Waals surface area contributed by atoms with Gasteiger partial charge in [0.15, 0.2) is 9.84 Å². The Labute approximate surface area is 223 Å². The fourth-order valence-electron chi connectivity index (χ4n) is 4.76. The number of carbonyl (C=O) groups is 2. The Morgan fingerprint density at radius 2 is 1.81 bits per heavy atom. The van der Waals surface area contributed by atoms with Crippen LogP contribution in [0, 0.1) is 22.7 Å². The van der Waals surface area contributed by atoms with Crippen LogP contribution in [-0.2, 0) is 26.0 Å². The monoisotopic (exact) mass is 542 g/mol. The van der Waals surface area contributed by atoms with Gasteiger partial charge in [-0.2, -0.15) is 5.26 Å². The largest absolute Gasteiger partial charge is 0.378 e. The number of nitrogens with one attached hydrogen (secondary N) is 1. The van der Waals surface area contributed by atoms with E-state index in [1.54, 1.807) is 12.1 Å². The van der Waals surface area contributed by atoms with E-state index < -0.39 is 27.1 Å². The number of thioether (sulfide) groups is 1. The highest BCUT2D eigenvalue weighted by Crippen LogP contribution is 2.45. The summed E-state index contributed by atoms with van der Waals surface area (Å²) in [6, 6.07) is 16.4. The van der Waals surface area contributed by atoms with Crippen molar-refractivity contribution < 1.29 is 18.0 Å². The van der Waals surface area contributed by atoms with Crippen LogP contribution in [0.3, 0.4) is 0 Å². The molecule has 1 fully saturated rings. The van der Waals surface area contributed by atoms with Crippen LogP contribution in [0.4, 0.5) is 5.69 Å². The van der Waals surface area contributed by atoms with Gasteiger partial charge < -0.3 is 16.0 Å². The molecule has 0 heterocycles. The summed E-state index contributed by atoms with van der Waals surface area (Å²) in [6.45, 7) is 0.435. The molecule has 37 heavy (non-hydrogen) atoms. The standard InChI is InChI=1S/C27H34N4O4S2/c1-31(2)22-8-6-20(7-9-22)17-30-25(32)18-36-23-10-12-24(13-11-23)37(34,35)19-21-5-3-4-14-27(21,15-16-28)26(29)33/h6-13,21H,3-5,14-15,17-19H2,1-2H3,(H2,29,33)(H,30,32). The molecular formula is C27H34N4O4S2. The molecule has 2 amide bonds. The van der Waals surface area contributed by atoms with Gasteiger partial charge in [-0.3, -0.25) is 9.59 Å². The summed E-state index contributed by atoms with van der Waals surface area (Å²) in [5, 5.41) is 12.2. The third kappa shape index (κ3) is 7.27. The molecule has 3 N–H and O–H groups in total. The van der Waals surface area contributed by atoms with Gasteiger partial charge in [0, 0.05) is 37.6 Å². The lowest BCUT2D eigenvalue weighted by Crippen LogP contribution is -2.47. The molecule has 2 aromatic carbocycles. The first kappa shape index (κ1) is 28.5. The van der Waals surface area contributed by atoms with Crippen molar-refractivity contribution in [2.45, 2.75) is 48.4 Å². The first-order chi connectivity index (χ1) is 17.6. The number of nitriles is 1. The molecule has 2 atom stereocenters. The molecule has 2 unspecified atom stereocenters. The minimum absolute atomic E-state index is 0.0679. The molecule has 8 nitrogen and oxygen atoms in total. The second kappa shape index (κ2) is 12.5. The molecule has 0 aliphatic heterocycles. The minimum Gasteiger partial charge on any atom is -0.378 e. The second-order valence-corrected chi connectivity index (χ2v) is 12.8. The summed E-state index contributed by atoms with van der Waals surface area (Å²) >= 11 is 1.32. The van der Waals surface area contributed by atoms with Crippen LogP contribution in [-0.4, -0.2) is 45.8 Å². The summed E-state index contributed by atoms with van der Waals surface area (Å²) in [4.78, 5) is 27.5. The Balaban J connectivity index is 1.56. The number of nitrogens with zero attached hydrogens (tertiary/aromatic N) is 2. The zero-order valence-corrected chi connectivity index (χ0v) is 22.9. The Morgan fingerprint density at radius 1 is 1.14 bits per heavy atom. The summed E-state index contributed by atoms with van der Waals surface area (Å²) < 4.78 is 26.3.